The molecule has 3 unspecified atom stereocenters. The van der Waals surface area contributed by atoms with Gasteiger partial charge in [-0.05, 0) is 38.5 Å². The van der Waals surface area contributed by atoms with Crippen molar-refractivity contribution in [2.24, 2.45) is 0 Å². The molecular formula is C48H92NO10P. The number of esters is 1. The van der Waals surface area contributed by atoms with Gasteiger partial charge in [0.05, 0.1) is 13.2 Å². The molecule has 0 aliphatic heterocycles. The lowest BCUT2D eigenvalue weighted by Crippen LogP contribution is -2.43. The predicted octanol–water partition coefficient (Wildman–Crippen LogP) is 13.2. The van der Waals surface area contributed by atoms with Gasteiger partial charge in [0.15, 0.2) is 6.04 Å². The first kappa shape index (κ1) is 58.2. The normalized spacial score (nSPS) is 13.7. The fraction of sp³-hybridized carbons (Fsp3) is 0.896. The van der Waals surface area contributed by atoms with Crippen molar-refractivity contribution in [3.05, 3.63) is 12.2 Å². The van der Waals surface area contributed by atoms with Crippen LogP contribution in [0, 0.1) is 0 Å². The highest BCUT2D eigenvalue weighted by atomic mass is 31.2. The minimum absolute atomic E-state index is 0.150. The summed E-state index contributed by atoms with van der Waals surface area (Å²) in [4.78, 5) is 46.0. The van der Waals surface area contributed by atoms with E-state index in [0.717, 1.165) is 38.5 Å². The van der Waals surface area contributed by atoms with Gasteiger partial charge in [-0.25, -0.2) is 9.36 Å². The number of hydrogen-bond acceptors (Lipinski definition) is 8. The zero-order valence-corrected chi connectivity index (χ0v) is 39.4. The maximum absolute atomic E-state index is 12.4. The van der Waals surface area contributed by atoms with E-state index >= 15 is 0 Å². The first-order chi connectivity index (χ1) is 29.1. The molecule has 0 saturated carbocycles. The van der Waals surface area contributed by atoms with Crippen molar-refractivity contribution in [2.45, 2.75) is 257 Å². The molecule has 0 rings (SSSR count). The van der Waals surface area contributed by atoms with Gasteiger partial charge in [0, 0.05) is 12.8 Å². The monoisotopic (exact) mass is 874 g/mol. The van der Waals surface area contributed by atoms with E-state index < -0.39 is 57.6 Å². The number of allylic oxidation sites excluding steroid dienone is 2. The standard InChI is InChI=1S/C48H92NO10P/c1-3-5-7-9-11-13-15-17-18-19-20-21-22-23-24-25-26-28-29-31-33-35-37-39-46(51)49-45(48(53)54)43-59-60(55,56)58-42-44(50)41-57-47(52)40-38-36-34-32-30-27-16-14-12-10-8-6-4-2/h17-18,44-45,50H,3-16,19-43H2,1-2H3,(H,49,51)(H,53,54)(H,55,56)/b18-17+. The molecule has 0 saturated heterocycles. The fourth-order valence-electron chi connectivity index (χ4n) is 7.19. The number of carboxylic acids is 1. The minimum atomic E-state index is -4.75. The van der Waals surface area contributed by atoms with Crippen LogP contribution < -0.4 is 5.32 Å². The van der Waals surface area contributed by atoms with Crippen molar-refractivity contribution in [3.63, 3.8) is 0 Å². The molecule has 0 heterocycles. The third-order valence-corrected chi connectivity index (χ3v) is 12.0. The van der Waals surface area contributed by atoms with Crippen molar-refractivity contribution < 1.29 is 47.8 Å². The van der Waals surface area contributed by atoms with Crippen LogP contribution in [-0.2, 0) is 32.7 Å². The number of ether oxygens (including phenoxy) is 1. The second-order valence-electron chi connectivity index (χ2n) is 17.0. The van der Waals surface area contributed by atoms with E-state index in [0.29, 0.717) is 12.8 Å². The van der Waals surface area contributed by atoms with Crippen LogP contribution in [0.15, 0.2) is 12.2 Å². The third kappa shape index (κ3) is 42.9. The van der Waals surface area contributed by atoms with E-state index in [-0.39, 0.29) is 12.8 Å². The Balaban J connectivity index is 3.80. The van der Waals surface area contributed by atoms with Crippen LogP contribution in [-0.4, -0.2) is 64.9 Å². The fourth-order valence-corrected chi connectivity index (χ4v) is 7.97. The Morgan fingerprint density at radius 2 is 0.867 bits per heavy atom. The summed E-state index contributed by atoms with van der Waals surface area (Å²) in [5, 5.41) is 21.9. The van der Waals surface area contributed by atoms with Crippen molar-refractivity contribution >= 4 is 25.7 Å². The van der Waals surface area contributed by atoms with Crippen LogP contribution >= 0.6 is 7.82 Å². The number of phosphoric acid groups is 1. The zero-order chi connectivity index (χ0) is 44.2. The number of carbonyl (C=O) groups is 3. The topological polar surface area (TPSA) is 169 Å². The molecule has 0 aromatic carbocycles. The number of phosphoric ester groups is 1. The Kier molecular flexibility index (Phi) is 42.6. The molecule has 354 valence electrons. The third-order valence-electron chi connectivity index (χ3n) is 11.1. The van der Waals surface area contributed by atoms with Gasteiger partial charge < -0.3 is 25.2 Å². The quantitative estimate of drug-likeness (QED) is 0.0200. The number of unbranched alkanes of at least 4 members (excludes halogenated alkanes) is 31. The number of rotatable bonds is 47. The van der Waals surface area contributed by atoms with E-state index in [1.54, 1.807) is 0 Å². The highest BCUT2D eigenvalue weighted by Crippen LogP contribution is 2.43. The molecule has 0 bridgehead atoms. The van der Waals surface area contributed by atoms with Gasteiger partial charge in [0.25, 0.3) is 0 Å². The molecule has 3 atom stereocenters. The second-order valence-corrected chi connectivity index (χ2v) is 18.5. The minimum Gasteiger partial charge on any atom is -0.480 e. The van der Waals surface area contributed by atoms with Gasteiger partial charge in [-0.1, -0.05) is 206 Å². The Labute approximate surface area is 367 Å². The summed E-state index contributed by atoms with van der Waals surface area (Å²) in [6.45, 7) is 2.62. The molecule has 60 heavy (non-hydrogen) atoms. The van der Waals surface area contributed by atoms with Crippen molar-refractivity contribution in [2.75, 3.05) is 19.8 Å². The zero-order valence-electron chi connectivity index (χ0n) is 38.5. The van der Waals surface area contributed by atoms with Gasteiger partial charge in [0.1, 0.15) is 12.7 Å². The SMILES string of the molecule is CCCCCCCC/C=C/CCCCCCCCCCCCCCCC(=O)NC(COP(=O)(O)OCC(O)COC(=O)CCCCCCCCCCCCCCC)C(=O)O. The summed E-state index contributed by atoms with van der Waals surface area (Å²) >= 11 is 0. The predicted molar refractivity (Wildman–Crippen MR) is 245 cm³/mol. The maximum atomic E-state index is 12.4. The Hall–Kier alpha value is -1.78. The molecule has 0 aliphatic rings. The average molecular weight is 874 g/mol. The lowest BCUT2D eigenvalue weighted by Gasteiger charge is -2.18. The summed E-state index contributed by atoms with van der Waals surface area (Å²) < 4.78 is 26.9. The summed E-state index contributed by atoms with van der Waals surface area (Å²) in [5.74, 6) is -2.36. The molecular weight excluding hydrogens is 781 g/mol. The van der Waals surface area contributed by atoms with E-state index in [4.69, 9.17) is 13.8 Å². The Bertz CT molecular complexity index is 1070. The number of aliphatic hydroxyl groups excluding tert-OH is 1. The second kappa shape index (κ2) is 43.9. The lowest BCUT2D eigenvalue weighted by molar-refractivity contribution is -0.147. The molecule has 1 amide bonds. The smallest absolute Gasteiger partial charge is 0.472 e. The Morgan fingerprint density at radius 1 is 0.517 bits per heavy atom. The first-order valence-electron chi connectivity index (χ1n) is 24.7. The highest BCUT2D eigenvalue weighted by molar-refractivity contribution is 7.47. The van der Waals surface area contributed by atoms with Crippen molar-refractivity contribution in [3.8, 4) is 0 Å². The Morgan fingerprint density at radius 3 is 1.27 bits per heavy atom. The van der Waals surface area contributed by atoms with E-state index in [1.807, 2.05) is 0 Å². The van der Waals surface area contributed by atoms with Gasteiger partial charge in [-0.3, -0.25) is 18.6 Å². The lowest BCUT2D eigenvalue weighted by atomic mass is 10.0. The number of carboxylic acid groups (broad SMARTS) is 1. The summed E-state index contributed by atoms with van der Waals surface area (Å²) in [5.41, 5.74) is 0. The van der Waals surface area contributed by atoms with Crippen molar-refractivity contribution in [1.29, 1.82) is 0 Å². The van der Waals surface area contributed by atoms with Crippen LogP contribution in [0.2, 0.25) is 0 Å². The van der Waals surface area contributed by atoms with Crippen LogP contribution in [0.5, 0.6) is 0 Å². The van der Waals surface area contributed by atoms with Crippen LogP contribution in [0.4, 0.5) is 0 Å². The number of amides is 1. The van der Waals surface area contributed by atoms with Gasteiger partial charge >= 0.3 is 19.8 Å². The molecule has 0 aliphatic carbocycles. The van der Waals surface area contributed by atoms with Gasteiger partial charge in [0.2, 0.25) is 5.91 Å². The van der Waals surface area contributed by atoms with Crippen LogP contribution in [0.3, 0.4) is 0 Å². The van der Waals surface area contributed by atoms with Crippen molar-refractivity contribution in [1.82, 2.24) is 5.32 Å². The number of aliphatic hydroxyl groups is 1. The summed E-state index contributed by atoms with van der Waals surface area (Å²) in [7, 11) is -4.75. The maximum Gasteiger partial charge on any atom is 0.472 e. The van der Waals surface area contributed by atoms with Gasteiger partial charge in [-0.2, -0.15) is 0 Å². The molecule has 4 N–H and O–H groups in total. The number of nitrogens with one attached hydrogen (secondary N) is 1. The van der Waals surface area contributed by atoms with E-state index in [9.17, 15) is 34.1 Å². The summed E-state index contributed by atoms with van der Waals surface area (Å²) in [6.07, 6.45) is 45.2. The molecule has 0 aromatic rings. The molecule has 0 aromatic heterocycles. The van der Waals surface area contributed by atoms with E-state index in [1.165, 1.54) is 167 Å². The molecule has 11 nitrogen and oxygen atoms in total. The number of hydrogen-bond donors (Lipinski definition) is 4. The number of carbonyl (C=O) groups excluding carboxylic acids is 2. The summed E-state index contributed by atoms with van der Waals surface area (Å²) in [6, 6.07) is -1.54. The van der Waals surface area contributed by atoms with Crippen LogP contribution in [0.25, 0.3) is 0 Å². The molecule has 0 radical (unpaired) electrons. The largest absolute Gasteiger partial charge is 0.480 e. The molecule has 0 fully saturated rings. The van der Waals surface area contributed by atoms with Crippen LogP contribution in [0.1, 0.15) is 245 Å². The molecule has 12 heteroatoms. The first-order valence-corrected chi connectivity index (χ1v) is 26.2. The van der Waals surface area contributed by atoms with E-state index in [2.05, 4.69) is 31.3 Å². The molecule has 0 spiro atoms. The number of aliphatic carboxylic acids is 1. The van der Waals surface area contributed by atoms with Gasteiger partial charge in [-0.15, -0.1) is 0 Å². The highest BCUT2D eigenvalue weighted by Gasteiger charge is 2.28. The average Bonchev–Trinajstić information content (AvgIpc) is 3.22.